The molecular weight excluding hydrogens is 315 g/mol. The highest BCUT2D eigenvalue weighted by Crippen LogP contribution is 2.19. The van der Waals surface area contributed by atoms with Gasteiger partial charge in [-0.15, -0.1) is 0 Å². The number of benzene rings is 1. The largest absolute Gasteiger partial charge is 0.333 e. The molecule has 5 nitrogen and oxygen atoms in total. The lowest BCUT2D eigenvalue weighted by molar-refractivity contribution is 0.236. The van der Waals surface area contributed by atoms with Crippen molar-refractivity contribution >= 4 is 33.6 Å². The number of hydrogen-bond acceptors (Lipinski definition) is 2. The number of rotatable bonds is 1. The third-order valence-corrected chi connectivity index (χ3v) is 2.52. The molecular formula is C12H16BrFN4O. The number of amides is 2. The van der Waals surface area contributed by atoms with Crippen LogP contribution in [0.5, 0.6) is 0 Å². The zero-order valence-electron chi connectivity index (χ0n) is 10.9. The second-order valence-electron chi connectivity index (χ2n) is 4.96. The summed E-state index contributed by atoms with van der Waals surface area (Å²) in [6.45, 7) is 5.50. The van der Waals surface area contributed by atoms with Crippen LogP contribution in [0, 0.1) is 11.2 Å². The van der Waals surface area contributed by atoms with Gasteiger partial charge in [0.05, 0.1) is 4.47 Å². The third-order valence-electron chi connectivity index (χ3n) is 1.92. The number of anilines is 1. The minimum Gasteiger partial charge on any atom is -0.333 e. The summed E-state index contributed by atoms with van der Waals surface area (Å²) >= 11 is 3.04. The van der Waals surface area contributed by atoms with E-state index >= 15 is 0 Å². The maximum atomic E-state index is 13.0. The van der Waals surface area contributed by atoms with Gasteiger partial charge in [-0.2, -0.15) is 0 Å². The monoisotopic (exact) mass is 330 g/mol. The Morgan fingerprint density at radius 3 is 2.53 bits per heavy atom. The van der Waals surface area contributed by atoms with Crippen LogP contribution in [0.2, 0.25) is 0 Å². The Kier molecular flexibility index (Phi) is 4.88. The Morgan fingerprint density at radius 1 is 1.37 bits per heavy atom. The lowest BCUT2D eigenvalue weighted by Crippen LogP contribution is -2.49. The molecule has 0 saturated carbocycles. The van der Waals surface area contributed by atoms with Crippen LogP contribution in [0.4, 0.5) is 14.9 Å². The highest BCUT2D eigenvalue weighted by atomic mass is 79.9. The molecule has 1 aromatic rings. The van der Waals surface area contributed by atoms with Crippen LogP contribution in [0.25, 0.3) is 0 Å². The molecule has 0 fully saturated rings. The van der Waals surface area contributed by atoms with Gasteiger partial charge in [-0.05, 0) is 54.9 Å². The fourth-order valence-corrected chi connectivity index (χ4v) is 1.61. The molecule has 0 aromatic heterocycles. The van der Waals surface area contributed by atoms with Crippen molar-refractivity contribution < 1.29 is 9.18 Å². The van der Waals surface area contributed by atoms with E-state index in [1.807, 2.05) is 20.8 Å². The molecule has 4 N–H and O–H groups in total. The van der Waals surface area contributed by atoms with Crippen molar-refractivity contribution in [2.75, 3.05) is 5.32 Å². The van der Waals surface area contributed by atoms with Crippen LogP contribution in [0.3, 0.4) is 0 Å². The van der Waals surface area contributed by atoms with Gasteiger partial charge in [0.1, 0.15) is 5.82 Å². The molecule has 0 aliphatic carbocycles. The van der Waals surface area contributed by atoms with Gasteiger partial charge in [-0.25, -0.2) is 9.18 Å². The second-order valence-corrected chi connectivity index (χ2v) is 5.81. The highest BCUT2D eigenvalue weighted by molar-refractivity contribution is 9.10. The number of guanidine groups is 1. The summed E-state index contributed by atoms with van der Waals surface area (Å²) in [6, 6.07) is 3.73. The molecule has 0 heterocycles. The molecule has 2 amide bonds. The second kappa shape index (κ2) is 6.01. The Hall–Kier alpha value is -1.63. The minimum atomic E-state index is -0.480. The smallest absolute Gasteiger partial charge is 0.321 e. The maximum Gasteiger partial charge on any atom is 0.321 e. The first-order valence-corrected chi connectivity index (χ1v) is 6.36. The topological polar surface area (TPSA) is 77.0 Å². The molecule has 0 radical (unpaired) electrons. The fourth-order valence-electron chi connectivity index (χ4n) is 1.23. The fraction of sp³-hybridized carbons (Fsp3) is 0.333. The standard InChI is InChI=1S/C12H16BrFN4O/c1-12(2,3)18-11(19)17-10(15)16-7-4-5-9(14)8(13)6-7/h4-6H,1-3H3,(H4,15,16,17,18,19). The molecule has 0 bridgehead atoms. The van der Waals surface area contributed by atoms with E-state index in [9.17, 15) is 9.18 Å². The van der Waals surface area contributed by atoms with E-state index in [1.54, 1.807) is 0 Å². The van der Waals surface area contributed by atoms with E-state index in [0.29, 0.717) is 5.69 Å². The zero-order chi connectivity index (χ0) is 14.6. The minimum absolute atomic E-state index is 0.194. The van der Waals surface area contributed by atoms with Gasteiger partial charge in [-0.1, -0.05) is 0 Å². The van der Waals surface area contributed by atoms with Crippen molar-refractivity contribution in [3.05, 3.63) is 28.5 Å². The van der Waals surface area contributed by atoms with Crippen LogP contribution in [0.1, 0.15) is 20.8 Å². The molecule has 0 unspecified atom stereocenters. The summed E-state index contributed by atoms with van der Waals surface area (Å²) in [5, 5.41) is 15.2. The SMILES string of the molecule is CC(C)(C)NC(=O)NC(=N)Nc1ccc(F)c(Br)c1. The normalized spacial score (nSPS) is 10.8. The van der Waals surface area contributed by atoms with Crippen molar-refractivity contribution in [2.45, 2.75) is 26.3 Å². The van der Waals surface area contributed by atoms with Gasteiger partial charge in [0, 0.05) is 11.2 Å². The van der Waals surface area contributed by atoms with E-state index in [-0.39, 0.29) is 16.0 Å². The predicted octanol–water partition coefficient (Wildman–Crippen LogP) is 3.03. The van der Waals surface area contributed by atoms with Gasteiger partial charge >= 0.3 is 6.03 Å². The molecule has 0 saturated heterocycles. The van der Waals surface area contributed by atoms with E-state index in [0.717, 1.165) is 0 Å². The quantitative estimate of drug-likeness (QED) is 0.472. The summed E-state index contributed by atoms with van der Waals surface area (Å²) in [4.78, 5) is 11.5. The molecule has 104 valence electrons. The summed E-state index contributed by atoms with van der Waals surface area (Å²) in [5.74, 6) is -0.587. The predicted molar refractivity (Wildman–Crippen MR) is 76.9 cm³/mol. The van der Waals surface area contributed by atoms with Crippen molar-refractivity contribution in [3.8, 4) is 0 Å². The first-order valence-electron chi connectivity index (χ1n) is 5.57. The van der Waals surface area contributed by atoms with E-state index < -0.39 is 11.8 Å². The number of nitrogens with one attached hydrogen (secondary N) is 4. The first kappa shape index (κ1) is 15.4. The molecule has 0 aliphatic heterocycles. The van der Waals surface area contributed by atoms with Crippen molar-refractivity contribution in [2.24, 2.45) is 0 Å². The molecule has 0 aliphatic rings. The van der Waals surface area contributed by atoms with Gasteiger partial charge in [-0.3, -0.25) is 10.7 Å². The van der Waals surface area contributed by atoms with Gasteiger partial charge in [0.15, 0.2) is 0 Å². The van der Waals surface area contributed by atoms with Crippen LogP contribution in [-0.2, 0) is 0 Å². The molecule has 7 heteroatoms. The summed E-state index contributed by atoms with van der Waals surface area (Å²) in [7, 11) is 0. The average Bonchev–Trinajstić information content (AvgIpc) is 2.20. The molecule has 19 heavy (non-hydrogen) atoms. The number of urea groups is 1. The molecule has 1 aromatic carbocycles. The lowest BCUT2D eigenvalue weighted by atomic mass is 10.1. The average molecular weight is 331 g/mol. The maximum absolute atomic E-state index is 13.0. The Morgan fingerprint density at radius 2 is 2.00 bits per heavy atom. The Labute approximate surface area is 119 Å². The van der Waals surface area contributed by atoms with Crippen LogP contribution in [-0.4, -0.2) is 17.5 Å². The summed E-state index contributed by atoms with van der Waals surface area (Å²) < 4.78 is 13.3. The number of carbonyl (C=O) groups is 1. The number of carbonyl (C=O) groups excluding carboxylic acids is 1. The van der Waals surface area contributed by atoms with Gasteiger partial charge in [0.25, 0.3) is 0 Å². The summed E-state index contributed by atoms with van der Waals surface area (Å²) in [6.07, 6.45) is 0. The van der Waals surface area contributed by atoms with Crippen LogP contribution >= 0.6 is 15.9 Å². The zero-order valence-corrected chi connectivity index (χ0v) is 12.5. The first-order chi connectivity index (χ1) is 8.67. The van der Waals surface area contributed by atoms with Crippen LogP contribution in [0.15, 0.2) is 22.7 Å². The van der Waals surface area contributed by atoms with Crippen molar-refractivity contribution in [1.29, 1.82) is 5.41 Å². The van der Waals surface area contributed by atoms with Gasteiger partial charge in [0.2, 0.25) is 5.96 Å². The lowest BCUT2D eigenvalue weighted by Gasteiger charge is -2.21. The molecule has 1 rings (SSSR count). The van der Waals surface area contributed by atoms with E-state index in [2.05, 4.69) is 31.9 Å². The number of hydrogen-bond donors (Lipinski definition) is 4. The Bertz CT molecular complexity index is 499. The van der Waals surface area contributed by atoms with E-state index in [4.69, 9.17) is 5.41 Å². The van der Waals surface area contributed by atoms with E-state index in [1.165, 1.54) is 18.2 Å². The highest BCUT2D eigenvalue weighted by Gasteiger charge is 2.14. The van der Waals surface area contributed by atoms with Gasteiger partial charge < -0.3 is 10.6 Å². The number of halogens is 2. The summed E-state index contributed by atoms with van der Waals surface area (Å²) in [5.41, 5.74) is 0.109. The molecule has 0 atom stereocenters. The third kappa shape index (κ3) is 5.69. The van der Waals surface area contributed by atoms with Crippen molar-refractivity contribution in [1.82, 2.24) is 10.6 Å². The Balaban J connectivity index is 2.56. The van der Waals surface area contributed by atoms with Crippen molar-refractivity contribution in [3.63, 3.8) is 0 Å². The molecule has 0 spiro atoms. The van der Waals surface area contributed by atoms with Crippen LogP contribution < -0.4 is 16.0 Å².